The highest BCUT2D eigenvalue weighted by Gasteiger charge is 2.46. The van der Waals surface area contributed by atoms with Gasteiger partial charge in [0, 0.05) is 54.5 Å². The molecule has 0 radical (unpaired) electrons. The van der Waals surface area contributed by atoms with E-state index in [9.17, 15) is 5.26 Å². The highest BCUT2D eigenvalue weighted by Crippen LogP contribution is 2.42. The Hall–Kier alpha value is -3.90. The van der Waals surface area contributed by atoms with Gasteiger partial charge in [-0.25, -0.2) is 19.3 Å². The first-order valence-corrected chi connectivity index (χ1v) is 13.6. The van der Waals surface area contributed by atoms with E-state index in [-0.39, 0.29) is 18.0 Å². The standard InChI is InChI=1S/C30H32FN7O/c1-5-37-23-7-8-24(37)13-30(4,12-23)39-25-9-6-21(26(31)11-25)17-38-28(22-10-20(14-32)15-33-16-22)36-27-18(2)34-19(3)35-29(27)38/h6,9-11,15-16,23-24H,5,7-8,12-13,17H2,1-4H3. The van der Waals surface area contributed by atoms with Crippen molar-refractivity contribution in [3.05, 3.63) is 65.1 Å². The van der Waals surface area contributed by atoms with Crippen LogP contribution in [0.3, 0.4) is 0 Å². The monoisotopic (exact) mass is 525 g/mol. The summed E-state index contributed by atoms with van der Waals surface area (Å²) < 4.78 is 23.9. The smallest absolute Gasteiger partial charge is 0.164 e. The molecular weight excluding hydrogens is 493 g/mol. The van der Waals surface area contributed by atoms with Crippen LogP contribution >= 0.6 is 0 Å². The van der Waals surface area contributed by atoms with Crippen LogP contribution in [0.5, 0.6) is 5.75 Å². The van der Waals surface area contributed by atoms with Crippen molar-refractivity contribution in [2.75, 3.05) is 6.54 Å². The topological polar surface area (TPSA) is 92.8 Å². The molecule has 6 rings (SSSR count). The van der Waals surface area contributed by atoms with E-state index in [0.29, 0.717) is 57.3 Å². The Balaban J connectivity index is 1.33. The molecule has 2 unspecified atom stereocenters. The van der Waals surface area contributed by atoms with Gasteiger partial charge in [-0.05, 0) is 52.3 Å². The van der Waals surface area contributed by atoms with Gasteiger partial charge in [-0.2, -0.15) is 5.26 Å². The number of aryl methyl sites for hydroxylation is 2. The molecule has 39 heavy (non-hydrogen) atoms. The summed E-state index contributed by atoms with van der Waals surface area (Å²) in [5.74, 6) is 1.38. The summed E-state index contributed by atoms with van der Waals surface area (Å²) in [6.45, 7) is 9.37. The summed E-state index contributed by atoms with van der Waals surface area (Å²) >= 11 is 0. The van der Waals surface area contributed by atoms with Crippen LogP contribution in [0, 0.1) is 31.0 Å². The average molecular weight is 526 g/mol. The first-order valence-electron chi connectivity index (χ1n) is 13.6. The van der Waals surface area contributed by atoms with Crippen LogP contribution in [-0.4, -0.2) is 53.6 Å². The van der Waals surface area contributed by atoms with Gasteiger partial charge in [0.15, 0.2) is 5.65 Å². The van der Waals surface area contributed by atoms with Crippen molar-refractivity contribution in [2.45, 2.75) is 77.6 Å². The predicted octanol–water partition coefficient (Wildman–Crippen LogP) is 5.35. The number of nitrogens with zero attached hydrogens (tertiary/aromatic N) is 7. The number of fused-ring (bicyclic) bond motifs is 3. The quantitative estimate of drug-likeness (QED) is 0.335. The molecule has 4 aromatic rings. The third-order valence-corrected chi connectivity index (χ3v) is 8.19. The van der Waals surface area contributed by atoms with Gasteiger partial charge in [-0.3, -0.25) is 9.88 Å². The minimum absolute atomic E-state index is 0.206. The number of piperidine rings is 1. The summed E-state index contributed by atoms with van der Waals surface area (Å²) in [6, 6.07) is 10.1. The lowest BCUT2D eigenvalue weighted by molar-refractivity contribution is -0.0178. The van der Waals surface area contributed by atoms with Crippen molar-refractivity contribution in [2.24, 2.45) is 0 Å². The van der Waals surface area contributed by atoms with Gasteiger partial charge in [-0.15, -0.1) is 0 Å². The second kappa shape index (κ2) is 9.69. The number of hydrogen-bond donors (Lipinski definition) is 0. The Kier molecular flexibility index (Phi) is 6.31. The Bertz CT molecular complexity index is 1590. The second-order valence-corrected chi connectivity index (χ2v) is 11.1. The number of ether oxygens (including phenoxy) is 1. The summed E-state index contributed by atoms with van der Waals surface area (Å²) in [7, 11) is 0. The van der Waals surface area contributed by atoms with E-state index in [4.69, 9.17) is 9.72 Å². The molecule has 0 amide bonds. The molecular formula is C30H32FN7O. The Morgan fingerprint density at radius 3 is 2.56 bits per heavy atom. The lowest BCUT2D eigenvalue weighted by Gasteiger charge is -2.44. The van der Waals surface area contributed by atoms with Crippen LogP contribution in [-0.2, 0) is 6.54 Å². The molecule has 200 valence electrons. The lowest BCUT2D eigenvalue weighted by atomic mass is 9.87. The maximum Gasteiger partial charge on any atom is 0.164 e. The summed E-state index contributed by atoms with van der Waals surface area (Å²) in [4.78, 5) is 20.7. The van der Waals surface area contributed by atoms with E-state index in [1.54, 1.807) is 18.3 Å². The molecule has 2 saturated heterocycles. The fraction of sp³-hybridized carbons (Fsp3) is 0.433. The normalized spacial score (nSPS) is 22.8. The van der Waals surface area contributed by atoms with E-state index >= 15 is 4.39 Å². The van der Waals surface area contributed by atoms with Gasteiger partial charge < -0.3 is 9.30 Å². The zero-order valence-corrected chi connectivity index (χ0v) is 22.8. The number of hydrogen-bond acceptors (Lipinski definition) is 7. The molecule has 8 nitrogen and oxygen atoms in total. The van der Waals surface area contributed by atoms with E-state index in [2.05, 4.69) is 39.8 Å². The molecule has 0 spiro atoms. The van der Waals surface area contributed by atoms with Crippen molar-refractivity contribution in [1.29, 1.82) is 5.26 Å². The van der Waals surface area contributed by atoms with Crippen LogP contribution in [0.4, 0.5) is 4.39 Å². The molecule has 5 heterocycles. The van der Waals surface area contributed by atoms with Crippen molar-refractivity contribution in [3.63, 3.8) is 0 Å². The Labute approximate surface area is 227 Å². The van der Waals surface area contributed by atoms with Gasteiger partial charge in [0.1, 0.15) is 40.4 Å². The minimum Gasteiger partial charge on any atom is -0.487 e. The molecule has 2 fully saturated rings. The fourth-order valence-corrected chi connectivity index (χ4v) is 6.58. The zero-order chi connectivity index (χ0) is 27.3. The van der Waals surface area contributed by atoms with Crippen LogP contribution in [0.15, 0.2) is 36.7 Å². The van der Waals surface area contributed by atoms with Crippen LogP contribution < -0.4 is 4.74 Å². The van der Waals surface area contributed by atoms with E-state index in [1.807, 2.05) is 24.5 Å². The summed E-state index contributed by atoms with van der Waals surface area (Å²) in [5, 5.41) is 9.39. The number of imidazole rings is 1. The minimum atomic E-state index is -0.343. The molecule has 2 aliphatic rings. The first kappa shape index (κ1) is 25.4. The molecule has 0 aliphatic carbocycles. The van der Waals surface area contributed by atoms with Crippen molar-refractivity contribution in [3.8, 4) is 23.2 Å². The number of halogens is 1. The van der Waals surface area contributed by atoms with E-state index in [0.717, 1.165) is 25.1 Å². The molecule has 3 aromatic heterocycles. The maximum absolute atomic E-state index is 15.6. The predicted molar refractivity (Wildman–Crippen MR) is 146 cm³/mol. The summed E-state index contributed by atoms with van der Waals surface area (Å²) in [5.41, 5.74) is 3.26. The van der Waals surface area contributed by atoms with Gasteiger partial charge in [0.05, 0.1) is 17.8 Å². The average Bonchev–Trinajstić information content (AvgIpc) is 3.40. The summed E-state index contributed by atoms with van der Waals surface area (Å²) in [6.07, 6.45) is 7.49. The van der Waals surface area contributed by atoms with E-state index in [1.165, 1.54) is 25.1 Å². The zero-order valence-electron chi connectivity index (χ0n) is 22.8. The molecule has 0 saturated carbocycles. The van der Waals surface area contributed by atoms with E-state index < -0.39 is 0 Å². The van der Waals surface area contributed by atoms with Crippen LogP contribution in [0.25, 0.3) is 22.6 Å². The molecule has 2 atom stereocenters. The number of aromatic nitrogens is 5. The number of pyridine rings is 1. The van der Waals surface area contributed by atoms with Crippen molar-refractivity contribution >= 4 is 11.2 Å². The van der Waals surface area contributed by atoms with Gasteiger partial charge in [0.2, 0.25) is 0 Å². The maximum atomic E-state index is 15.6. The van der Waals surface area contributed by atoms with Gasteiger partial charge >= 0.3 is 0 Å². The number of rotatable bonds is 6. The van der Waals surface area contributed by atoms with Crippen molar-refractivity contribution in [1.82, 2.24) is 29.4 Å². The van der Waals surface area contributed by atoms with Crippen LogP contribution in [0.2, 0.25) is 0 Å². The molecule has 2 aliphatic heterocycles. The molecule has 9 heteroatoms. The third kappa shape index (κ3) is 4.63. The van der Waals surface area contributed by atoms with Crippen LogP contribution in [0.1, 0.15) is 62.2 Å². The number of benzene rings is 1. The Morgan fingerprint density at radius 2 is 1.87 bits per heavy atom. The first-order chi connectivity index (χ1) is 18.8. The molecule has 1 aromatic carbocycles. The largest absolute Gasteiger partial charge is 0.487 e. The van der Waals surface area contributed by atoms with Crippen molar-refractivity contribution < 1.29 is 9.13 Å². The second-order valence-electron chi connectivity index (χ2n) is 11.1. The van der Waals surface area contributed by atoms with Gasteiger partial charge in [-0.1, -0.05) is 13.0 Å². The SMILES string of the molecule is CCN1C2CCC1CC(C)(Oc1ccc(Cn3c(-c4cncc(C#N)c4)nc4c(C)nc(C)nc43)c(F)c1)C2. The third-order valence-electron chi connectivity index (χ3n) is 8.19. The highest BCUT2D eigenvalue weighted by atomic mass is 19.1. The highest BCUT2D eigenvalue weighted by molar-refractivity contribution is 5.79. The Morgan fingerprint density at radius 1 is 1.10 bits per heavy atom. The molecule has 0 N–H and O–H groups in total. The molecule has 2 bridgehead atoms. The fourth-order valence-electron chi connectivity index (χ4n) is 6.58. The number of nitriles is 1. The van der Waals surface area contributed by atoms with Gasteiger partial charge in [0.25, 0.3) is 0 Å². The lowest BCUT2D eigenvalue weighted by Crippen LogP contribution is -2.52.